The van der Waals surface area contributed by atoms with Gasteiger partial charge < -0.3 is 15.7 Å². The minimum atomic E-state index is -1.03. The molecule has 3 N–H and O–H groups in total. The molecule has 1 aliphatic rings. The van der Waals surface area contributed by atoms with Crippen molar-refractivity contribution in [3.8, 4) is 0 Å². The molecule has 0 aromatic rings. The van der Waals surface area contributed by atoms with Crippen molar-refractivity contribution < 1.29 is 14.7 Å². The number of carbonyl (C=O) groups is 2. The van der Waals surface area contributed by atoms with Crippen LogP contribution in [0.15, 0.2) is 0 Å². The summed E-state index contributed by atoms with van der Waals surface area (Å²) in [5.41, 5.74) is 5.58. The third kappa shape index (κ3) is 3.81. The molecule has 1 atom stereocenters. The van der Waals surface area contributed by atoms with Crippen LogP contribution < -0.4 is 5.73 Å². The Morgan fingerprint density at radius 1 is 1.44 bits per heavy atom. The number of hydrogen-bond donors (Lipinski definition) is 2. The normalized spacial score (nSPS) is 17.2. The molecule has 0 aromatic carbocycles. The van der Waals surface area contributed by atoms with Gasteiger partial charge in [-0.1, -0.05) is 0 Å². The van der Waals surface area contributed by atoms with Gasteiger partial charge in [0, 0.05) is 12.6 Å². The summed E-state index contributed by atoms with van der Waals surface area (Å²) in [7, 11) is 0. The van der Waals surface area contributed by atoms with Crippen molar-refractivity contribution >= 4 is 11.9 Å². The monoisotopic (exact) mass is 228 g/mol. The number of hydrogen-bond acceptors (Lipinski definition) is 3. The van der Waals surface area contributed by atoms with Crippen molar-refractivity contribution in [2.75, 3.05) is 6.54 Å². The van der Waals surface area contributed by atoms with E-state index in [9.17, 15) is 9.59 Å². The molecular weight excluding hydrogens is 208 g/mol. The molecule has 5 heteroatoms. The van der Waals surface area contributed by atoms with Gasteiger partial charge in [0.2, 0.25) is 5.91 Å². The van der Waals surface area contributed by atoms with Crippen molar-refractivity contribution in [1.82, 2.24) is 4.90 Å². The molecule has 0 saturated heterocycles. The van der Waals surface area contributed by atoms with Crippen LogP contribution in [0.25, 0.3) is 0 Å². The van der Waals surface area contributed by atoms with Crippen molar-refractivity contribution in [1.29, 1.82) is 0 Å². The molecule has 1 rings (SSSR count). The van der Waals surface area contributed by atoms with Crippen molar-refractivity contribution in [2.24, 2.45) is 11.7 Å². The van der Waals surface area contributed by atoms with Gasteiger partial charge in [-0.15, -0.1) is 0 Å². The molecule has 16 heavy (non-hydrogen) atoms. The number of nitrogens with zero attached hydrogens (tertiary/aromatic N) is 1. The molecule has 1 aliphatic carbocycles. The largest absolute Gasteiger partial charge is 0.481 e. The molecular formula is C11H20N2O3. The highest BCUT2D eigenvalue weighted by atomic mass is 16.4. The maximum atomic E-state index is 11.9. The van der Waals surface area contributed by atoms with E-state index in [-0.39, 0.29) is 18.4 Å². The van der Waals surface area contributed by atoms with E-state index >= 15 is 0 Å². The number of aliphatic carboxylic acids is 1. The van der Waals surface area contributed by atoms with E-state index in [0.717, 1.165) is 12.8 Å². The highest BCUT2D eigenvalue weighted by Crippen LogP contribution is 2.30. The number of carbonyl (C=O) groups excluding carboxylic acids is 1. The fourth-order valence-electron chi connectivity index (χ4n) is 1.62. The minimum absolute atomic E-state index is 0.0768. The first-order valence-electron chi connectivity index (χ1n) is 5.69. The molecule has 0 spiro atoms. The van der Waals surface area contributed by atoms with Gasteiger partial charge >= 0.3 is 5.97 Å². The maximum Gasteiger partial charge on any atom is 0.305 e. The molecule has 0 aromatic heterocycles. The number of amides is 1. The summed E-state index contributed by atoms with van der Waals surface area (Å²) in [5.74, 6) is -0.691. The smallest absolute Gasteiger partial charge is 0.305 e. The first kappa shape index (κ1) is 13.0. The van der Waals surface area contributed by atoms with Gasteiger partial charge in [-0.25, -0.2) is 0 Å². The van der Waals surface area contributed by atoms with Gasteiger partial charge in [0.1, 0.15) is 0 Å². The fourth-order valence-corrected chi connectivity index (χ4v) is 1.62. The molecule has 5 nitrogen and oxygen atoms in total. The van der Waals surface area contributed by atoms with Gasteiger partial charge in [-0.05, 0) is 32.6 Å². The van der Waals surface area contributed by atoms with Crippen LogP contribution in [0.1, 0.15) is 33.1 Å². The van der Waals surface area contributed by atoms with Gasteiger partial charge in [0.05, 0.1) is 12.5 Å². The molecule has 1 amide bonds. The Labute approximate surface area is 95.6 Å². The zero-order valence-electron chi connectivity index (χ0n) is 9.85. The molecule has 0 heterocycles. The average molecular weight is 228 g/mol. The third-order valence-corrected chi connectivity index (χ3v) is 2.77. The van der Waals surface area contributed by atoms with Crippen LogP contribution in [0.5, 0.6) is 0 Å². The summed E-state index contributed by atoms with van der Waals surface area (Å²) in [4.78, 5) is 24.1. The number of rotatable bonds is 6. The van der Waals surface area contributed by atoms with Crippen LogP contribution in [0, 0.1) is 5.92 Å². The Hall–Kier alpha value is -1.10. The second-order valence-electron chi connectivity index (χ2n) is 4.73. The second kappa shape index (κ2) is 5.30. The summed E-state index contributed by atoms with van der Waals surface area (Å²) >= 11 is 0. The lowest BCUT2D eigenvalue weighted by molar-refractivity contribution is -0.142. The van der Waals surface area contributed by atoms with E-state index in [1.807, 2.05) is 13.8 Å². The van der Waals surface area contributed by atoms with E-state index in [4.69, 9.17) is 10.8 Å². The third-order valence-electron chi connectivity index (χ3n) is 2.77. The average Bonchev–Trinajstić information content (AvgIpc) is 2.95. The number of nitrogens with two attached hydrogens (primary N) is 1. The highest BCUT2D eigenvalue weighted by Gasteiger charge is 2.31. The van der Waals surface area contributed by atoms with E-state index in [0.29, 0.717) is 12.5 Å². The number of carboxylic acids is 1. The van der Waals surface area contributed by atoms with E-state index < -0.39 is 12.0 Å². The summed E-state index contributed by atoms with van der Waals surface area (Å²) in [6, 6.07) is -0.841. The van der Waals surface area contributed by atoms with Gasteiger partial charge in [0.15, 0.2) is 0 Å². The Morgan fingerprint density at radius 3 is 2.38 bits per heavy atom. The lowest BCUT2D eigenvalue weighted by Gasteiger charge is -2.29. The Bertz CT molecular complexity index is 274. The van der Waals surface area contributed by atoms with Crippen molar-refractivity contribution in [3.05, 3.63) is 0 Å². The van der Waals surface area contributed by atoms with E-state index in [2.05, 4.69) is 0 Å². The van der Waals surface area contributed by atoms with Crippen LogP contribution in [0.4, 0.5) is 0 Å². The summed E-state index contributed by atoms with van der Waals surface area (Å²) in [6.07, 6.45) is 2.02. The topological polar surface area (TPSA) is 83.6 Å². The zero-order valence-corrected chi connectivity index (χ0v) is 9.85. The minimum Gasteiger partial charge on any atom is -0.481 e. The fraction of sp³-hybridized carbons (Fsp3) is 0.818. The predicted molar refractivity (Wildman–Crippen MR) is 59.8 cm³/mol. The van der Waals surface area contributed by atoms with Gasteiger partial charge in [-0.2, -0.15) is 0 Å². The standard InChI is InChI=1S/C11H20N2O3/c1-7(2)13(6-8-3-4-8)11(16)9(12)5-10(14)15/h7-9H,3-6,12H2,1-2H3,(H,14,15). The van der Waals surface area contributed by atoms with Crippen LogP contribution in [0.2, 0.25) is 0 Å². The number of carboxylic acid groups (broad SMARTS) is 1. The Balaban J connectivity index is 2.54. The first-order valence-corrected chi connectivity index (χ1v) is 5.69. The molecule has 1 fully saturated rings. The van der Waals surface area contributed by atoms with Crippen LogP contribution in [0.3, 0.4) is 0 Å². The van der Waals surface area contributed by atoms with E-state index in [1.165, 1.54) is 0 Å². The summed E-state index contributed by atoms with van der Waals surface area (Å²) in [6.45, 7) is 4.56. The summed E-state index contributed by atoms with van der Waals surface area (Å²) < 4.78 is 0. The van der Waals surface area contributed by atoms with Gasteiger partial charge in [0.25, 0.3) is 0 Å². The first-order chi connectivity index (χ1) is 7.41. The summed E-state index contributed by atoms with van der Waals surface area (Å²) in [5, 5.41) is 8.60. The lowest BCUT2D eigenvalue weighted by atomic mass is 10.1. The van der Waals surface area contributed by atoms with Gasteiger partial charge in [-0.3, -0.25) is 9.59 Å². The van der Waals surface area contributed by atoms with E-state index in [1.54, 1.807) is 4.90 Å². The molecule has 0 bridgehead atoms. The quantitative estimate of drug-likeness (QED) is 0.690. The SMILES string of the molecule is CC(C)N(CC1CC1)C(=O)C(N)CC(=O)O. The zero-order chi connectivity index (χ0) is 12.3. The molecule has 0 aliphatic heterocycles. The second-order valence-corrected chi connectivity index (χ2v) is 4.73. The van der Waals surface area contributed by atoms with Crippen molar-refractivity contribution in [2.45, 2.75) is 45.2 Å². The van der Waals surface area contributed by atoms with Crippen LogP contribution in [-0.4, -0.2) is 40.5 Å². The molecule has 0 radical (unpaired) electrons. The predicted octanol–water partition coefficient (Wildman–Crippen LogP) is 0.435. The van der Waals surface area contributed by atoms with Crippen LogP contribution >= 0.6 is 0 Å². The Kier molecular flexibility index (Phi) is 4.29. The molecule has 1 saturated carbocycles. The molecule has 1 unspecified atom stereocenters. The Morgan fingerprint density at radius 2 is 2.00 bits per heavy atom. The maximum absolute atomic E-state index is 11.9. The lowest BCUT2D eigenvalue weighted by Crippen LogP contribution is -2.48. The van der Waals surface area contributed by atoms with Crippen molar-refractivity contribution in [3.63, 3.8) is 0 Å². The van der Waals surface area contributed by atoms with Crippen LogP contribution in [-0.2, 0) is 9.59 Å². The highest BCUT2D eigenvalue weighted by molar-refractivity contribution is 5.86. The molecule has 92 valence electrons.